The van der Waals surface area contributed by atoms with Gasteiger partial charge in [0.05, 0.1) is 0 Å². The molecule has 94 valence electrons. The third kappa shape index (κ3) is 4.10. The van der Waals surface area contributed by atoms with Gasteiger partial charge in [-0.2, -0.15) is 0 Å². The van der Waals surface area contributed by atoms with E-state index in [1.54, 1.807) is 0 Å². The van der Waals surface area contributed by atoms with Crippen LogP contribution >= 0.6 is 21.6 Å². The first-order valence-electron chi connectivity index (χ1n) is 6.34. The van der Waals surface area contributed by atoms with Crippen molar-refractivity contribution in [3.05, 3.63) is 0 Å². The minimum absolute atomic E-state index is 0.552. The van der Waals surface area contributed by atoms with E-state index in [0.29, 0.717) is 10.5 Å². The molecule has 2 aliphatic carbocycles. The molecule has 0 heterocycles. The van der Waals surface area contributed by atoms with E-state index < -0.39 is 12.3 Å². The molecule has 0 unspecified atom stereocenters. The van der Waals surface area contributed by atoms with E-state index in [-0.39, 0.29) is 0 Å². The van der Waals surface area contributed by atoms with Crippen LogP contribution in [-0.2, 0) is 0 Å². The fourth-order valence-corrected chi connectivity index (χ4v) is 5.73. The molecule has 0 aliphatic heterocycles. The van der Waals surface area contributed by atoms with Crippen LogP contribution < -0.4 is 0 Å². The van der Waals surface area contributed by atoms with Crippen molar-refractivity contribution in [3.8, 4) is 0 Å². The first kappa shape index (κ1) is 13.0. The Kier molecular flexibility index (Phi) is 5.27. The summed E-state index contributed by atoms with van der Waals surface area (Å²) in [5.41, 5.74) is 0. The van der Waals surface area contributed by atoms with Crippen molar-refractivity contribution in [1.82, 2.24) is 0 Å². The van der Waals surface area contributed by atoms with Crippen LogP contribution in [0.15, 0.2) is 0 Å². The summed E-state index contributed by atoms with van der Waals surface area (Å²) < 4.78 is 25.9. The fourth-order valence-electron chi connectivity index (χ4n) is 2.39. The second-order valence-electron chi connectivity index (χ2n) is 4.94. The zero-order valence-electron chi connectivity index (χ0n) is 9.54. The number of alkyl halides is 2. The predicted molar refractivity (Wildman–Crippen MR) is 69.5 cm³/mol. The molecule has 2 fully saturated rings. The lowest BCUT2D eigenvalue weighted by molar-refractivity contribution is 0.254. The smallest absolute Gasteiger partial charge is 0.100 e. The molecule has 0 spiro atoms. The van der Waals surface area contributed by atoms with Gasteiger partial charge in [-0.05, 0) is 51.4 Å². The summed E-state index contributed by atoms with van der Waals surface area (Å²) in [6.45, 7) is 0. The van der Waals surface area contributed by atoms with Crippen LogP contribution in [0.2, 0.25) is 0 Å². The maximum atomic E-state index is 12.9. The van der Waals surface area contributed by atoms with Crippen molar-refractivity contribution in [2.75, 3.05) is 0 Å². The lowest BCUT2D eigenvalue weighted by atomic mass is 9.98. The Hall–Kier alpha value is 0.560. The molecule has 2 aliphatic rings. The maximum absolute atomic E-state index is 12.9. The molecule has 0 atom stereocenters. The van der Waals surface area contributed by atoms with E-state index in [1.807, 2.05) is 21.6 Å². The Bertz CT molecular complexity index is 175. The van der Waals surface area contributed by atoms with Crippen molar-refractivity contribution in [3.63, 3.8) is 0 Å². The largest absolute Gasteiger partial charge is 0.247 e. The third-order valence-electron chi connectivity index (χ3n) is 3.54. The zero-order valence-corrected chi connectivity index (χ0v) is 11.2. The molecule has 0 aromatic carbocycles. The Labute approximate surface area is 105 Å². The minimum Gasteiger partial charge on any atom is -0.247 e. The van der Waals surface area contributed by atoms with E-state index in [9.17, 15) is 8.78 Å². The molecule has 2 rings (SSSR count). The lowest BCUT2D eigenvalue weighted by Gasteiger charge is -2.27. The molecule has 4 heteroatoms. The van der Waals surface area contributed by atoms with Crippen molar-refractivity contribution in [2.24, 2.45) is 0 Å². The molecule has 0 nitrogen and oxygen atoms in total. The Balaban J connectivity index is 1.60. The quantitative estimate of drug-likeness (QED) is 0.664. The average molecular weight is 266 g/mol. The second kappa shape index (κ2) is 6.48. The third-order valence-corrected chi connectivity index (χ3v) is 7.10. The van der Waals surface area contributed by atoms with Crippen molar-refractivity contribution in [1.29, 1.82) is 0 Å². The summed E-state index contributed by atoms with van der Waals surface area (Å²) in [6.07, 6.45) is 5.98. The van der Waals surface area contributed by atoms with Gasteiger partial charge in [0.15, 0.2) is 0 Å². The van der Waals surface area contributed by atoms with Gasteiger partial charge in [0.2, 0.25) is 0 Å². The molecule has 16 heavy (non-hydrogen) atoms. The first-order chi connectivity index (χ1) is 7.74. The molecule has 0 bridgehead atoms. The van der Waals surface area contributed by atoms with E-state index in [1.165, 1.54) is 0 Å². The van der Waals surface area contributed by atoms with Gasteiger partial charge in [0.25, 0.3) is 0 Å². The topological polar surface area (TPSA) is 0 Å². The monoisotopic (exact) mass is 266 g/mol. The van der Waals surface area contributed by atoms with Crippen LogP contribution in [0.1, 0.15) is 51.4 Å². The number of rotatable bonds is 3. The van der Waals surface area contributed by atoms with E-state index in [4.69, 9.17) is 0 Å². The fraction of sp³-hybridized carbons (Fsp3) is 1.00. The Morgan fingerprint density at radius 1 is 0.562 bits per heavy atom. The summed E-state index contributed by atoms with van der Waals surface area (Å²) in [5, 5.41) is 1.28. The molecule has 0 amide bonds. The van der Waals surface area contributed by atoms with Gasteiger partial charge in [-0.15, -0.1) is 0 Å². The molecule has 0 aromatic heterocycles. The second-order valence-corrected chi connectivity index (χ2v) is 7.81. The molecular weight excluding hydrogens is 246 g/mol. The summed E-state index contributed by atoms with van der Waals surface area (Å²) >= 11 is 0. The number of hydrogen-bond donors (Lipinski definition) is 0. The molecule has 0 aromatic rings. The normalized spacial score (nSPS) is 40.9. The molecular formula is C12H20F2S2. The summed E-state index contributed by atoms with van der Waals surface area (Å²) in [7, 11) is 3.87. The van der Waals surface area contributed by atoms with Gasteiger partial charge in [0, 0.05) is 10.5 Å². The highest BCUT2D eigenvalue weighted by atomic mass is 33.1. The number of hydrogen-bond acceptors (Lipinski definition) is 2. The van der Waals surface area contributed by atoms with Gasteiger partial charge >= 0.3 is 0 Å². The molecule has 0 saturated heterocycles. The van der Waals surface area contributed by atoms with Crippen LogP contribution in [0.4, 0.5) is 8.78 Å². The summed E-state index contributed by atoms with van der Waals surface area (Å²) in [6, 6.07) is 0. The highest BCUT2D eigenvalue weighted by Crippen LogP contribution is 2.43. The van der Waals surface area contributed by atoms with Crippen molar-refractivity contribution in [2.45, 2.75) is 74.2 Å². The Morgan fingerprint density at radius 2 is 0.875 bits per heavy atom. The van der Waals surface area contributed by atoms with Crippen LogP contribution in [0, 0.1) is 0 Å². The van der Waals surface area contributed by atoms with E-state index in [0.717, 1.165) is 51.4 Å². The average Bonchev–Trinajstić information content (AvgIpc) is 2.30. The van der Waals surface area contributed by atoms with Gasteiger partial charge in [-0.25, -0.2) is 8.78 Å². The number of halogens is 2. The predicted octanol–water partition coefficient (Wildman–Crippen LogP) is 4.93. The molecule has 0 radical (unpaired) electrons. The Morgan fingerprint density at radius 3 is 1.19 bits per heavy atom. The standard InChI is InChI=1S/C12H20F2S2/c13-9-1-5-11(6-2-9)15-16-12-7-3-10(14)4-8-12/h9-12H,1-8H2. The van der Waals surface area contributed by atoms with Crippen LogP contribution in [0.25, 0.3) is 0 Å². The van der Waals surface area contributed by atoms with Gasteiger partial charge in [-0.3, -0.25) is 0 Å². The lowest BCUT2D eigenvalue weighted by Crippen LogP contribution is -2.18. The SMILES string of the molecule is FC1CCC(SSC2CCC(F)CC2)CC1. The first-order valence-corrected chi connectivity index (χ1v) is 8.62. The molecule has 0 N–H and O–H groups in total. The highest BCUT2D eigenvalue weighted by molar-refractivity contribution is 8.77. The minimum atomic E-state index is -0.552. The van der Waals surface area contributed by atoms with Crippen molar-refractivity contribution >= 4 is 21.6 Å². The maximum Gasteiger partial charge on any atom is 0.100 e. The van der Waals surface area contributed by atoms with Gasteiger partial charge in [-0.1, -0.05) is 21.6 Å². The summed E-state index contributed by atoms with van der Waals surface area (Å²) in [5.74, 6) is 0. The van der Waals surface area contributed by atoms with Gasteiger partial charge < -0.3 is 0 Å². The van der Waals surface area contributed by atoms with E-state index in [2.05, 4.69) is 0 Å². The summed E-state index contributed by atoms with van der Waals surface area (Å²) in [4.78, 5) is 0. The van der Waals surface area contributed by atoms with Crippen LogP contribution in [0.5, 0.6) is 0 Å². The molecule has 2 saturated carbocycles. The van der Waals surface area contributed by atoms with Crippen LogP contribution in [-0.4, -0.2) is 22.8 Å². The zero-order chi connectivity index (χ0) is 11.4. The van der Waals surface area contributed by atoms with Crippen molar-refractivity contribution < 1.29 is 8.78 Å². The van der Waals surface area contributed by atoms with E-state index >= 15 is 0 Å². The van der Waals surface area contributed by atoms with Crippen LogP contribution in [0.3, 0.4) is 0 Å². The highest BCUT2D eigenvalue weighted by Gasteiger charge is 2.25. The van der Waals surface area contributed by atoms with Gasteiger partial charge in [0.1, 0.15) is 12.3 Å².